The quantitative estimate of drug-likeness (QED) is 0.162. The maximum atomic E-state index is 2.49. The lowest BCUT2D eigenvalue weighted by molar-refractivity contribution is 0.775. The van der Waals surface area contributed by atoms with Crippen LogP contribution in [0.25, 0.3) is 83.1 Å². The van der Waals surface area contributed by atoms with Crippen molar-refractivity contribution in [1.29, 1.82) is 0 Å². The molecule has 324 valence electrons. The summed E-state index contributed by atoms with van der Waals surface area (Å²) in [7, 11) is 0. The molecular weight excluding hydrogens is 833 g/mol. The van der Waals surface area contributed by atoms with Gasteiger partial charge < -0.3 is 9.47 Å². The van der Waals surface area contributed by atoms with E-state index in [0.29, 0.717) is 0 Å². The minimum atomic E-state index is -0.577. The highest BCUT2D eigenvalue weighted by atomic mass is 15.1. The van der Waals surface area contributed by atoms with Crippen molar-refractivity contribution in [3.63, 3.8) is 0 Å². The minimum absolute atomic E-state index is 0.577. The second kappa shape index (κ2) is 15.7. The van der Waals surface area contributed by atoms with E-state index in [1.165, 1.54) is 105 Å². The zero-order chi connectivity index (χ0) is 45.5. The van der Waals surface area contributed by atoms with E-state index in [1.807, 2.05) is 0 Å². The standard InChI is InChI=1S/C67H46N2/c1-3-18-45(19-4-1)46-34-39-50(40-35-46)68(51-41-36-47(37-42-51)48-38-43-64-58(44-48)56-26-12-16-32-63(56)69(64)49-20-5-2-6-21-49)65-33-17-31-62-66(65)57-27-11-15-30-61(57)67(62)59-28-13-9-24-54(59)52-22-7-8-23-53(52)55-25-10-14-29-60(55)67/h1-5,7-20,22-44H,6,21H2. The Labute approximate surface area is 403 Å². The Morgan fingerprint density at radius 1 is 0.377 bits per heavy atom. The van der Waals surface area contributed by atoms with Crippen molar-refractivity contribution >= 4 is 44.6 Å². The molecule has 69 heavy (non-hydrogen) atoms. The average molecular weight is 879 g/mol. The van der Waals surface area contributed by atoms with E-state index in [-0.39, 0.29) is 0 Å². The lowest BCUT2D eigenvalue weighted by atomic mass is 9.66. The van der Waals surface area contributed by atoms with Crippen molar-refractivity contribution in [2.75, 3.05) is 4.90 Å². The predicted molar refractivity (Wildman–Crippen MR) is 289 cm³/mol. The third-order valence-electron chi connectivity index (χ3n) is 15.1. The molecule has 0 saturated heterocycles. The highest BCUT2D eigenvalue weighted by Crippen LogP contribution is 2.63. The Balaban J connectivity index is 0.970. The normalized spacial score (nSPS) is 13.8. The molecule has 0 atom stereocenters. The smallest absolute Gasteiger partial charge is 0.0726 e. The summed E-state index contributed by atoms with van der Waals surface area (Å²) in [5, 5.41) is 2.56. The number of benzene rings is 10. The van der Waals surface area contributed by atoms with Crippen molar-refractivity contribution < 1.29 is 0 Å². The first-order chi connectivity index (χ1) is 34.3. The Morgan fingerprint density at radius 3 is 1.54 bits per heavy atom. The van der Waals surface area contributed by atoms with E-state index < -0.39 is 5.41 Å². The molecule has 0 unspecified atom stereocenters. The van der Waals surface area contributed by atoms with Gasteiger partial charge in [-0.1, -0.05) is 200 Å². The fraction of sp³-hybridized carbons (Fsp3) is 0.0448. The molecular formula is C67H46N2. The molecule has 11 aromatic rings. The van der Waals surface area contributed by atoms with E-state index in [2.05, 4.69) is 264 Å². The number of anilines is 3. The van der Waals surface area contributed by atoms with Crippen LogP contribution in [0, 0.1) is 0 Å². The monoisotopic (exact) mass is 878 g/mol. The second-order valence-corrected chi connectivity index (χ2v) is 18.6. The molecule has 14 rings (SSSR count). The molecule has 3 aliphatic carbocycles. The summed E-state index contributed by atoms with van der Waals surface area (Å²) in [5.41, 5.74) is 24.2. The van der Waals surface area contributed by atoms with Gasteiger partial charge in [-0.15, -0.1) is 0 Å². The largest absolute Gasteiger partial charge is 0.313 e. The Hall–Kier alpha value is -8.72. The number of aromatic nitrogens is 1. The van der Waals surface area contributed by atoms with Gasteiger partial charge >= 0.3 is 0 Å². The Morgan fingerprint density at radius 2 is 0.884 bits per heavy atom. The van der Waals surface area contributed by atoms with Gasteiger partial charge in [0.1, 0.15) is 0 Å². The lowest BCUT2D eigenvalue weighted by Gasteiger charge is -2.35. The third-order valence-corrected chi connectivity index (χ3v) is 15.1. The number of nitrogens with zero attached hydrogens (tertiary/aromatic N) is 2. The van der Waals surface area contributed by atoms with Crippen LogP contribution in [0.1, 0.15) is 35.1 Å². The summed E-state index contributed by atoms with van der Waals surface area (Å²) in [6, 6.07) is 88.4. The topological polar surface area (TPSA) is 8.17 Å². The molecule has 2 nitrogen and oxygen atoms in total. The molecule has 2 heteroatoms. The van der Waals surface area contributed by atoms with E-state index in [0.717, 1.165) is 29.9 Å². The molecule has 3 aliphatic rings. The van der Waals surface area contributed by atoms with Gasteiger partial charge in [0.05, 0.1) is 22.1 Å². The zero-order valence-electron chi connectivity index (χ0n) is 38.1. The van der Waals surface area contributed by atoms with Gasteiger partial charge in [-0.2, -0.15) is 0 Å². The number of rotatable bonds is 6. The van der Waals surface area contributed by atoms with Crippen molar-refractivity contribution in [2.24, 2.45) is 0 Å². The molecule has 1 heterocycles. The fourth-order valence-electron chi connectivity index (χ4n) is 12.2. The van der Waals surface area contributed by atoms with Crippen LogP contribution in [0.2, 0.25) is 0 Å². The molecule has 1 spiro atoms. The van der Waals surface area contributed by atoms with Crippen molar-refractivity contribution in [2.45, 2.75) is 18.3 Å². The summed E-state index contributed by atoms with van der Waals surface area (Å²) in [5.74, 6) is 0. The number of hydrogen-bond acceptors (Lipinski definition) is 1. The van der Waals surface area contributed by atoms with Gasteiger partial charge in [-0.3, -0.25) is 0 Å². The summed E-state index contributed by atoms with van der Waals surface area (Å²) < 4.78 is 2.47. The molecule has 0 radical (unpaired) electrons. The third kappa shape index (κ3) is 5.92. The predicted octanol–water partition coefficient (Wildman–Crippen LogP) is 17.8. The van der Waals surface area contributed by atoms with Crippen LogP contribution in [0.3, 0.4) is 0 Å². The fourth-order valence-corrected chi connectivity index (χ4v) is 12.2. The van der Waals surface area contributed by atoms with Crippen LogP contribution in [0.4, 0.5) is 17.1 Å². The zero-order valence-corrected chi connectivity index (χ0v) is 38.1. The molecule has 1 aromatic heterocycles. The summed E-state index contributed by atoms with van der Waals surface area (Å²) in [4.78, 5) is 2.49. The summed E-state index contributed by atoms with van der Waals surface area (Å²) in [6.07, 6.45) is 8.83. The molecule has 0 fully saturated rings. The van der Waals surface area contributed by atoms with Crippen LogP contribution in [0.15, 0.2) is 255 Å². The van der Waals surface area contributed by atoms with Crippen LogP contribution in [-0.4, -0.2) is 4.57 Å². The molecule has 0 aliphatic heterocycles. The van der Waals surface area contributed by atoms with Crippen LogP contribution < -0.4 is 4.90 Å². The van der Waals surface area contributed by atoms with E-state index in [9.17, 15) is 0 Å². The number of fused-ring (bicyclic) bond motifs is 15. The summed E-state index contributed by atoms with van der Waals surface area (Å²) >= 11 is 0. The molecule has 0 amide bonds. The molecule has 0 saturated carbocycles. The van der Waals surface area contributed by atoms with Gasteiger partial charge in [-0.05, 0) is 140 Å². The maximum Gasteiger partial charge on any atom is 0.0726 e. The van der Waals surface area contributed by atoms with Gasteiger partial charge in [0.15, 0.2) is 0 Å². The first-order valence-corrected chi connectivity index (χ1v) is 24.2. The number of allylic oxidation sites excluding steroid dienone is 4. The van der Waals surface area contributed by atoms with Crippen LogP contribution in [0.5, 0.6) is 0 Å². The first kappa shape index (κ1) is 39.4. The summed E-state index contributed by atoms with van der Waals surface area (Å²) in [6.45, 7) is 0. The van der Waals surface area contributed by atoms with E-state index in [4.69, 9.17) is 0 Å². The van der Waals surface area contributed by atoms with E-state index in [1.54, 1.807) is 0 Å². The SMILES string of the molecule is C1=CCCC(n2c3ccccc3c3cc(-c4ccc(N(c5ccc(-c6ccccc6)cc5)c5cccc6c5-c5ccccc5C65c6ccccc6-c6ccccc6-c6ccccc65)cc4)ccc32)=C1. The minimum Gasteiger partial charge on any atom is -0.313 e. The highest BCUT2D eigenvalue weighted by molar-refractivity contribution is 6.11. The highest BCUT2D eigenvalue weighted by Gasteiger charge is 2.50. The van der Waals surface area contributed by atoms with Gasteiger partial charge in [0, 0.05) is 33.4 Å². The Kier molecular flexibility index (Phi) is 8.97. The second-order valence-electron chi connectivity index (χ2n) is 18.6. The molecule has 0 N–H and O–H groups in total. The number of hydrogen-bond donors (Lipinski definition) is 0. The van der Waals surface area contributed by atoms with Gasteiger partial charge in [0.2, 0.25) is 0 Å². The lowest BCUT2D eigenvalue weighted by Crippen LogP contribution is -2.29. The Bertz CT molecular complexity index is 3820. The van der Waals surface area contributed by atoms with Crippen molar-refractivity contribution in [3.8, 4) is 55.6 Å². The van der Waals surface area contributed by atoms with Gasteiger partial charge in [-0.25, -0.2) is 0 Å². The van der Waals surface area contributed by atoms with Gasteiger partial charge in [0.25, 0.3) is 0 Å². The van der Waals surface area contributed by atoms with Crippen LogP contribution >= 0.6 is 0 Å². The maximum absolute atomic E-state index is 2.49. The first-order valence-electron chi connectivity index (χ1n) is 24.2. The molecule has 0 bridgehead atoms. The molecule has 10 aromatic carbocycles. The number of para-hydroxylation sites is 1. The average Bonchev–Trinajstić information content (AvgIpc) is 3.89. The van der Waals surface area contributed by atoms with Crippen LogP contribution in [-0.2, 0) is 5.41 Å². The van der Waals surface area contributed by atoms with Crippen molar-refractivity contribution in [3.05, 3.63) is 277 Å². The van der Waals surface area contributed by atoms with E-state index >= 15 is 0 Å². The van der Waals surface area contributed by atoms with Crippen molar-refractivity contribution in [1.82, 2.24) is 4.57 Å².